The highest BCUT2D eigenvalue weighted by molar-refractivity contribution is 5.91. The number of anilines is 2. The van der Waals surface area contributed by atoms with Crippen LogP contribution in [-0.4, -0.2) is 80.3 Å². The summed E-state index contributed by atoms with van der Waals surface area (Å²) >= 11 is 0. The van der Waals surface area contributed by atoms with Crippen LogP contribution in [0.4, 0.5) is 11.6 Å². The number of carboxylic acids is 1. The van der Waals surface area contributed by atoms with Gasteiger partial charge in [-0.05, 0) is 59.0 Å². The smallest absolute Gasteiger partial charge is 0.351 e. The van der Waals surface area contributed by atoms with Crippen LogP contribution in [0.1, 0.15) is 44.3 Å². The number of hydrogen-bond acceptors (Lipinski definition) is 14. The van der Waals surface area contributed by atoms with E-state index in [1.54, 1.807) is 30.3 Å². The zero-order chi connectivity index (χ0) is 42.4. The summed E-state index contributed by atoms with van der Waals surface area (Å²) in [5.74, 6) is -1.06. The first-order valence-electron chi connectivity index (χ1n) is 18.6. The number of benzene rings is 4. The number of ether oxygens (including phenoxy) is 5. The molecule has 0 bridgehead atoms. The van der Waals surface area contributed by atoms with E-state index in [9.17, 15) is 19.2 Å². The number of nitrogens with two attached hydrogens (primary N) is 2. The average Bonchev–Trinajstić information content (AvgIpc) is 3.95. The molecule has 4 heterocycles. The molecular weight excluding hydrogens is 777 g/mol. The molecule has 4 aromatic carbocycles. The number of nitrogen functional groups attached to an aromatic ring is 2. The molecule has 0 saturated carbocycles. The summed E-state index contributed by atoms with van der Waals surface area (Å²) in [7, 11) is 0. The standard InChI is InChI=1S/C22H21N3O5.C13H10O2.C8H11N3O4/c23-18-10-11-25(22(27)24-18)19-13-28-20(30-19)14-29-21(26)17-9-5-4-8-16(17)12-15-6-2-1-3-7-15;14-13(15)12-8-4-7-11(9-12)10-5-2-1-3-6-10;9-5-1-2-11(8(13)10-5)6-4-14-7(3-12)15-6/h1-11,19-20H,12-14H2,(H2,23,24,27);1-9H,(H,14,15);1-2,6-7,12H,3-4H2,(H2,9,10,13)/t19-,20-;;6-,7-/m0.0/s1. The Labute approximate surface area is 343 Å². The largest absolute Gasteiger partial charge is 0.478 e. The molecule has 60 heavy (non-hydrogen) atoms. The van der Waals surface area contributed by atoms with Crippen molar-refractivity contribution in [3.8, 4) is 11.1 Å². The van der Waals surface area contributed by atoms with E-state index >= 15 is 0 Å². The van der Waals surface area contributed by atoms with Crippen molar-refractivity contribution >= 4 is 23.6 Å². The summed E-state index contributed by atoms with van der Waals surface area (Å²) in [5.41, 5.74) is 14.6. The van der Waals surface area contributed by atoms with Gasteiger partial charge in [-0.15, -0.1) is 0 Å². The first kappa shape index (κ1) is 42.6. The highest BCUT2D eigenvalue weighted by Gasteiger charge is 2.30. The second-order valence-corrected chi connectivity index (χ2v) is 13.1. The van der Waals surface area contributed by atoms with Crippen molar-refractivity contribution in [2.45, 2.75) is 31.5 Å². The third kappa shape index (κ3) is 11.6. The van der Waals surface area contributed by atoms with Crippen LogP contribution < -0.4 is 22.8 Å². The fourth-order valence-corrected chi connectivity index (χ4v) is 6.03. The van der Waals surface area contributed by atoms with Crippen LogP contribution in [0.5, 0.6) is 0 Å². The van der Waals surface area contributed by atoms with Gasteiger partial charge in [0.25, 0.3) is 0 Å². The Morgan fingerprint density at radius 3 is 1.83 bits per heavy atom. The summed E-state index contributed by atoms with van der Waals surface area (Å²) in [4.78, 5) is 54.0. The Kier molecular flexibility index (Phi) is 14.6. The van der Waals surface area contributed by atoms with Crippen molar-refractivity contribution in [3.05, 3.63) is 177 Å². The lowest BCUT2D eigenvalue weighted by Crippen LogP contribution is -2.29. The first-order valence-corrected chi connectivity index (χ1v) is 18.6. The molecule has 0 spiro atoms. The van der Waals surface area contributed by atoms with Crippen molar-refractivity contribution in [1.82, 2.24) is 19.1 Å². The summed E-state index contributed by atoms with van der Waals surface area (Å²) in [6, 6.07) is 36.9. The maximum absolute atomic E-state index is 12.6. The van der Waals surface area contributed by atoms with Crippen molar-refractivity contribution in [3.63, 3.8) is 0 Å². The number of hydrogen-bond donors (Lipinski definition) is 4. The number of carboxylic acid groups (broad SMARTS) is 1. The normalized spacial score (nSPS) is 18.0. The van der Waals surface area contributed by atoms with Gasteiger partial charge < -0.3 is 45.4 Å². The Hall–Kier alpha value is -7.02. The van der Waals surface area contributed by atoms with Crippen LogP contribution in [-0.2, 0) is 30.1 Å². The zero-order valence-corrected chi connectivity index (χ0v) is 32.1. The molecule has 2 aliphatic rings. The van der Waals surface area contributed by atoms with Crippen molar-refractivity contribution < 1.29 is 43.5 Å². The highest BCUT2D eigenvalue weighted by atomic mass is 16.7. The summed E-state index contributed by atoms with van der Waals surface area (Å²) in [6.07, 6.45) is 0.940. The minimum atomic E-state index is -0.896. The molecule has 8 rings (SSSR count). The van der Waals surface area contributed by atoms with E-state index in [1.807, 2.05) is 78.9 Å². The number of aliphatic hydroxyl groups is 1. The molecule has 17 heteroatoms. The van der Waals surface area contributed by atoms with Gasteiger partial charge in [0.15, 0.2) is 25.0 Å². The molecule has 2 fully saturated rings. The molecule has 17 nitrogen and oxygen atoms in total. The third-order valence-corrected chi connectivity index (χ3v) is 8.98. The number of rotatable bonds is 10. The van der Waals surface area contributed by atoms with Crippen LogP contribution >= 0.6 is 0 Å². The van der Waals surface area contributed by atoms with Crippen LogP contribution in [0.2, 0.25) is 0 Å². The molecule has 0 amide bonds. The van der Waals surface area contributed by atoms with Crippen molar-refractivity contribution in [2.24, 2.45) is 0 Å². The van der Waals surface area contributed by atoms with Gasteiger partial charge in [0.2, 0.25) is 0 Å². The summed E-state index contributed by atoms with van der Waals surface area (Å²) in [6.45, 7) is 0.00878. The van der Waals surface area contributed by atoms with E-state index in [2.05, 4.69) is 9.97 Å². The SMILES string of the molecule is Nc1ccn([C@@H]2CO[C@H](CO)O2)c(=O)n1.Nc1ccn([C@@H]2CO[C@H](COC(=O)c3ccccc3Cc3ccccc3)O2)c(=O)n1.O=C(O)c1cccc(-c2ccccc2)c1. The number of carbonyl (C=O) groups excluding carboxylic acids is 1. The van der Waals surface area contributed by atoms with E-state index in [0.717, 1.165) is 22.3 Å². The van der Waals surface area contributed by atoms with Gasteiger partial charge in [-0.1, -0.05) is 91.0 Å². The summed E-state index contributed by atoms with van der Waals surface area (Å²) < 4.78 is 29.4. The van der Waals surface area contributed by atoms with E-state index in [0.29, 0.717) is 17.5 Å². The molecule has 6 N–H and O–H groups in total. The summed E-state index contributed by atoms with van der Waals surface area (Å²) in [5, 5.41) is 17.6. The van der Waals surface area contributed by atoms with Crippen LogP contribution in [0, 0.1) is 0 Å². The Morgan fingerprint density at radius 2 is 1.25 bits per heavy atom. The maximum atomic E-state index is 12.6. The predicted molar refractivity (Wildman–Crippen MR) is 217 cm³/mol. The lowest BCUT2D eigenvalue weighted by molar-refractivity contribution is -0.103. The fraction of sp³-hybridized carbons (Fsp3) is 0.209. The predicted octanol–water partition coefficient (Wildman–Crippen LogP) is 3.89. The fourth-order valence-electron chi connectivity index (χ4n) is 6.03. The minimum Gasteiger partial charge on any atom is -0.478 e. The van der Waals surface area contributed by atoms with Crippen molar-refractivity contribution in [1.29, 1.82) is 0 Å². The molecule has 4 atom stereocenters. The molecular formula is C43H42N6O11. The second kappa shape index (κ2) is 20.6. The van der Waals surface area contributed by atoms with Gasteiger partial charge in [-0.3, -0.25) is 9.13 Å². The quantitative estimate of drug-likeness (QED) is 0.143. The van der Waals surface area contributed by atoms with Gasteiger partial charge in [0.1, 0.15) is 18.2 Å². The molecule has 2 aliphatic heterocycles. The lowest BCUT2D eigenvalue weighted by Gasteiger charge is -2.14. The Bertz CT molecular complexity index is 2480. The van der Waals surface area contributed by atoms with Crippen molar-refractivity contribution in [2.75, 3.05) is 37.9 Å². The maximum Gasteiger partial charge on any atom is 0.351 e. The van der Waals surface area contributed by atoms with Gasteiger partial charge in [-0.2, -0.15) is 9.97 Å². The molecule has 2 saturated heterocycles. The highest BCUT2D eigenvalue weighted by Crippen LogP contribution is 2.23. The number of carbonyl (C=O) groups is 2. The monoisotopic (exact) mass is 818 g/mol. The molecule has 0 radical (unpaired) electrons. The van der Waals surface area contributed by atoms with Gasteiger partial charge in [-0.25, -0.2) is 19.2 Å². The van der Waals surface area contributed by atoms with E-state index < -0.39 is 48.4 Å². The number of esters is 1. The number of aromatic carboxylic acids is 1. The van der Waals surface area contributed by atoms with E-state index in [1.165, 1.54) is 33.7 Å². The topological polar surface area (TPSA) is 243 Å². The van der Waals surface area contributed by atoms with Crippen LogP contribution in [0.3, 0.4) is 0 Å². The van der Waals surface area contributed by atoms with E-state index in [-0.39, 0.29) is 38.1 Å². The second-order valence-electron chi connectivity index (χ2n) is 13.1. The lowest BCUT2D eigenvalue weighted by atomic mass is 10.00. The van der Waals surface area contributed by atoms with Crippen LogP contribution in [0.15, 0.2) is 143 Å². The molecule has 310 valence electrons. The van der Waals surface area contributed by atoms with E-state index in [4.69, 9.17) is 45.4 Å². The zero-order valence-electron chi connectivity index (χ0n) is 32.1. The molecule has 6 aromatic rings. The molecule has 2 aromatic heterocycles. The average molecular weight is 819 g/mol. The van der Waals surface area contributed by atoms with Gasteiger partial charge >= 0.3 is 23.3 Å². The Balaban J connectivity index is 0.000000168. The molecule has 0 unspecified atom stereocenters. The third-order valence-electron chi connectivity index (χ3n) is 8.98. The number of aliphatic hydroxyl groups excluding tert-OH is 1. The van der Waals surface area contributed by atoms with Crippen LogP contribution in [0.25, 0.3) is 11.1 Å². The first-order chi connectivity index (χ1) is 29.1. The Morgan fingerprint density at radius 1 is 0.700 bits per heavy atom. The number of aromatic nitrogens is 4. The van der Waals surface area contributed by atoms with Gasteiger partial charge in [0.05, 0.1) is 30.9 Å². The van der Waals surface area contributed by atoms with Gasteiger partial charge in [0, 0.05) is 12.4 Å². The molecule has 0 aliphatic carbocycles. The minimum absolute atomic E-state index is 0.0911. The number of nitrogens with zero attached hydrogens (tertiary/aromatic N) is 4.